The number of aromatic hydroxyl groups is 1. The summed E-state index contributed by atoms with van der Waals surface area (Å²) in [4.78, 5) is 21.9. The van der Waals surface area contributed by atoms with Gasteiger partial charge >= 0.3 is 11.9 Å². The average Bonchev–Trinajstić information content (AvgIpc) is 2.59. The predicted octanol–water partition coefficient (Wildman–Crippen LogP) is 4.51. The van der Waals surface area contributed by atoms with Crippen molar-refractivity contribution in [3.63, 3.8) is 0 Å². The number of phenolic OH excluding ortho intramolecular Hbond substituents is 1. The number of carboxylic acids is 1. The summed E-state index contributed by atoms with van der Waals surface area (Å²) in [7, 11) is 0. The van der Waals surface area contributed by atoms with Gasteiger partial charge < -0.3 is 20.3 Å². The Hall–Kier alpha value is -2.08. The van der Waals surface area contributed by atoms with Crippen LogP contribution in [0.5, 0.6) is 5.75 Å². The highest BCUT2D eigenvalue weighted by molar-refractivity contribution is 5.90. The van der Waals surface area contributed by atoms with Gasteiger partial charge in [0.1, 0.15) is 18.8 Å². The van der Waals surface area contributed by atoms with Gasteiger partial charge in [-0.2, -0.15) is 0 Å². The molecule has 170 valence electrons. The lowest BCUT2D eigenvalue weighted by Gasteiger charge is -2.27. The van der Waals surface area contributed by atoms with Crippen LogP contribution in [0, 0.1) is 5.92 Å². The van der Waals surface area contributed by atoms with Crippen LogP contribution in [0.1, 0.15) is 84.4 Å². The summed E-state index contributed by atoms with van der Waals surface area (Å²) < 4.78 is 4.98. The number of rotatable bonds is 4. The largest absolute Gasteiger partial charge is 0.507 e. The summed E-state index contributed by atoms with van der Waals surface area (Å²) in [5, 5.41) is 22.4. The van der Waals surface area contributed by atoms with Crippen LogP contribution in [-0.2, 0) is 31.8 Å². The van der Waals surface area contributed by atoms with Gasteiger partial charge in [-0.1, -0.05) is 54.5 Å². The van der Waals surface area contributed by atoms with Gasteiger partial charge in [0.25, 0.3) is 0 Å². The summed E-state index contributed by atoms with van der Waals surface area (Å²) in [6.45, 7) is 16.8. The monoisotopic (exact) mass is 421 g/mol. The van der Waals surface area contributed by atoms with Crippen molar-refractivity contribution in [2.45, 2.75) is 85.2 Å². The smallest absolute Gasteiger partial charge is 0.317 e. The Balaban J connectivity index is 0.000000539. The topological polar surface area (TPSA) is 95.9 Å². The second-order valence-corrected chi connectivity index (χ2v) is 10.2. The first-order valence-electron chi connectivity index (χ1n) is 10.7. The molecule has 0 amide bonds. The number of carbonyl (C=O) groups excluding carboxylic acids is 1. The van der Waals surface area contributed by atoms with Crippen LogP contribution >= 0.6 is 0 Å². The van der Waals surface area contributed by atoms with E-state index in [1.54, 1.807) is 6.07 Å². The quantitative estimate of drug-likeness (QED) is 0.489. The highest BCUT2D eigenvalue weighted by atomic mass is 16.5. The molecular formula is C24H39NO5. The van der Waals surface area contributed by atoms with E-state index in [9.17, 15) is 14.7 Å². The molecule has 0 atom stereocenters. The molecule has 1 aliphatic heterocycles. The van der Waals surface area contributed by atoms with Crippen molar-refractivity contribution >= 4 is 11.9 Å². The van der Waals surface area contributed by atoms with Gasteiger partial charge in [0.2, 0.25) is 0 Å². The van der Waals surface area contributed by atoms with Crippen molar-refractivity contribution in [3.05, 3.63) is 28.8 Å². The molecule has 0 aromatic heterocycles. The van der Waals surface area contributed by atoms with Gasteiger partial charge in [-0.15, -0.1) is 0 Å². The fourth-order valence-electron chi connectivity index (χ4n) is 3.11. The summed E-state index contributed by atoms with van der Waals surface area (Å²) >= 11 is 0. The van der Waals surface area contributed by atoms with E-state index in [2.05, 4.69) is 33.0 Å². The van der Waals surface area contributed by atoms with Gasteiger partial charge in [-0.05, 0) is 59.9 Å². The minimum atomic E-state index is -1.24. The molecule has 1 aliphatic rings. The zero-order valence-corrected chi connectivity index (χ0v) is 19.6. The number of carboxylic acid groups (broad SMARTS) is 1. The molecule has 0 spiro atoms. The number of piperidine rings is 1. The Labute approximate surface area is 181 Å². The van der Waals surface area contributed by atoms with Crippen molar-refractivity contribution in [1.29, 1.82) is 0 Å². The molecular weight excluding hydrogens is 382 g/mol. The van der Waals surface area contributed by atoms with Crippen molar-refractivity contribution in [3.8, 4) is 5.75 Å². The zero-order chi connectivity index (χ0) is 23.1. The van der Waals surface area contributed by atoms with Crippen molar-refractivity contribution in [2.75, 3.05) is 13.1 Å². The molecule has 1 aromatic carbocycles. The molecule has 6 heteroatoms. The molecule has 3 N–H and O–H groups in total. The Morgan fingerprint density at radius 1 is 1.07 bits per heavy atom. The van der Waals surface area contributed by atoms with E-state index >= 15 is 0 Å². The first kappa shape index (κ1) is 26.0. The van der Waals surface area contributed by atoms with Gasteiger partial charge in [0, 0.05) is 5.56 Å². The number of nitrogens with one attached hydrogen (secondary N) is 1. The lowest BCUT2D eigenvalue weighted by Crippen LogP contribution is -2.26. The standard InChI is InChI=1S/C18H26O5.C6H13N/c1-17(2,3)12-7-11(10-23-15(21)9-14(19)20)16(22)13(8-12)18(4,5)6;1-6-2-4-7-5-3-6/h7-8,22H,9-10H2,1-6H3,(H,19,20);6-7H,2-5H2,1H3. The zero-order valence-electron chi connectivity index (χ0n) is 19.6. The Kier molecular flexibility index (Phi) is 9.35. The molecule has 1 heterocycles. The molecule has 1 fully saturated rings. The van der Waals surface area contributed by atoms with E-state index in [0.29, 0.717) is 5.56 Å². The molecule has 0 bridgehead atoms. The minimum Gasteiger partial charge on any atom is -0.507 e. The molecule has 0 unspecified atom stereocenters. The highest BCUT2D eigenvalue weighted by Crippen LogP contribution is 2.37. The summed E-state index contributed by atoms with van der Waals surface area (Å²) in [5.41, 5.74) is 1.87. The van der Waals surface area contributed by atoms with Crippen LogP contribution in [0.25, 0.3) is 0 Å². The summed E-state index contributed by atoms with van der Waals surface area (Å²) in [6, 6.07) is 3.77. The maximum Gasteiger partial charge on any atom is 0.317 e. The number of hydrogen-bond donors (Lipinski definition) is 3. The highest BCUT2D eigenvalue weighted by Gasteiger charge is 2.25. The number of carbonyl (C=O) groups is 2. The number of aliphatic carboxylic acids is 1. The molecule has 0 aliphatic carbocycles. The summed E-state index contributed by atoms with van der Waals surface area (Å²) in [5.74, 6) is -0.997. The van der Waals surface area contributed by atoms with Crippen LogP contribution < -0.4 is 5.32 Å². The van der Waals surface area contributed by atoms with Gasteiger partial charge in [-0.3, -0.25) is 9.59 Å². The lowest BCUT2D eigenvalue weighted by atomic mass is 9.79. The fraction of sp³-hybridized carbons (Fsp3) is 0.667. The maximum atomic E-state index is 11.4. The average molecular weight is 422 g/mol. The van der Waals surface area contributed by atoms with Crippen LogP contribution in [-0.4, -0.2) is 35.2 Å². The van der Waals surface area contributed by atoms with Gasteiger partial charge in [0.05, 0.1) is 0 Å². The van der Waals surface area contributed by atoms with Crippen molar-refractivity contribution < 1.29 is 24.5 Å². The van der Waals surface area contributed by atoms with E-state index < -0.39 is 18.4 Å². The van der Waals surface area contributed by atoms with Crippen molar-refractivity contribution in [1.82, 2.24) is 5.32 Å². The summed E-state index contributed by atoms with van der Waals surface area (Å²) in [6.07, 6.45) is 2.06. The molecule has 1 aromatic rings. The predicted molar refractivity (Wildman–Crippen MR) is 119 cm³/mol. The number of phenols is 1. The third kappa shape index (κ3) is 8.74. The van der Waals surface area contributed by atoms with E-state index in [1.165, 1.54) is 25.9 Å². The second kappa shape index (κ2) is 10.8. The SMILES string of the molecule is CC(C)(C)c1cc(COC(=O)CC(=O)O)c(O)c(C(C)(C)C)c1.CC1CCNCC1. The number of ether oxygens (including phenoxy) is 1. The van der Waals surface area contributed by atoms with E-state index in [0.717, 1.165) is 17.0 Å². The number of hydrogen-bond acceptors (Lipinski definition) is 5. The van der Waals surface area contributed by atoms with E-state index in [-0.39, 0.29) is 23.2 Å². The fourth-order valence-corrected chi connectivity index (χ4v) is 3.11. The molecule has 1 saturated heterocycles. The van der Waals surface area contributed by atoms with Crippen LogP contribution in [0.15, 0.2) is 12.1 Å². The van der Waals surface area contributed by atoms with Crippen LogP contribution in [0.4, 0.5) is 0 Å². The molecule has 6 nitrogen and oxygen atoms in total. The Morgan fingerprint density at radius 3 is 2.03 bits per heavy atom. The third-order valence-electron chi connectivity index (χ3n) is 5.17. The maximum absolute atomic E-state index is 11.4. The Morgan fingerprint density at radius 2 is 1.63 bits per heavy atom. The van der Waals surface area contributed by atoms with Gasteiger partial charge in [0.15, 0.2) is 0 Å². The van der Waals surface area contributed by atoms with Gasteiger partial charge in [-0.25, -0.2) is 0 Å². The molecule has 30 heavy (non-hydrogen) atoms. The molecule has 2 rings (SSSR count). The van der Waals surface area contributed by atoms with Crippen molar-refractivity contribution in [2.24, 2.45) is 5.92 Å². The first-order chi connectivity index (χ1) is 13.7. The minimum absolute atomic E-state index is 0.0913. The normalized spacial score (nSPS) is 15.2. The van der Waals surface area contributed by atoms with Crippen LogP contribution in [0.2, 0.25) is 0 Å². The molecule has 0 saturated carbocycles. The first-order valence-corrected chi connectivity index (χ1v) is 10.7. The second-order valence-electron chi connectivity index (χ2n) is 10.2. The third-order valence-corrected chi connectivity index (χ3v) is 5.17. The molecule has 0 radical (unpaired) electrons. The van der Waals surface area contributed by atoms with E-state index in [1.807, 2.05) is 26.8 Å². The van der Waals surface area contributed by atoms with E-state index in [4.69, 9.17) is 9.84 Å². The lowest BCUT2D eigenvalue weighted by molar-refractivity contribution is -0.152. The van der Waals surface area contributed by atoms with Crippen LogP contribution in [0.3, 0.4) is 0 Å². The number of benzene rings is 1. The number of esters is 1. The Bertz CT molecular complexity index is 722.